The maximum absolute atomic E-state index is 13.0. The Morgan fingerprint density at radius 2 is 1.23 bits per heavy atom. The maximum atomic E-state index is 13.0. The molecule has 1 fully saturated rings. The molecule has 3 rings (SSSR count). The number of benzene rings is 2. The molecule has 0 saturated heterocycles. The zero-order valence-corrected chi connectivity index (χ0v) is 21.6. The smallest absolute Gasteiger partial charge is 0.324 e. The van der Waals surface area contributed by atoms with E-state index in [9.17, 15) is 9.59 Å². The van der Waals surface area contributed by atoms with Gasteiger partial charge in [-0.05, 0) is 6.42 Å². The van der Waals surface area contributed by atoms with Gasteiger partial charge in [-0.15, -0.1) is 6.58 Å². The van der Waals surface area contributed by atoms with Crippen molar-refractivity contribution in [1.29, 1.82) is 0 Å². The van der Waals surface area contributed by atoms with Crippen LogP contribution < -0.4 is 0 Å². The lowest BCUT2D eigenvalue weighted by Gasteiger charge is -2.30. The van der Waals surface area contributed by atoms with Crippen LogP contribution in [0.1, 0.15) is 17.5 Å². The Bertz CT molecular complexity index is 930. The van der Waals surface area contributed by atoms with Crippen molar-refractivity contribution in [2.75, 3.05) is 54.5 Å². The van der Waals surface area contributed by atoms with Crippen LogP contribution in [0.15, 0.2) is 73.3 Å². The van der Waals surface area contributed by atoms with E-state index in [-0.39, 0.29) is 19.1 Å². The van der Waals surface area contributed by atoms with Crippen molar-refractivity contribution in [3.63, 3.8) is 0 Å². The van der Waals surface area contributed by atoms with E-state index in [0.29, 0.717) is 28.5 Å². The SMILES string of the molecule is C=CC1CC1(C(=O)OCC[N+](C)(C)Cc1ccccc1)C(=O)OCC[N+](C)(C)Cc1ccccc1. The highest BCUT2D eigenvalue weighted by Crippen LogP contribution is 2.55. The number of ether oxygens (including phenoxy) is 2. The lowest BCUT2D eigenvalue weighted by Crippen LogP contribution is -2.43. The van der Waals surface area contributed by atoms with Crippen LogP contribution in [0, 0.1) is 11.3 Å². The summed E-state index contributed by atoms with van der Waals surface area (Å²) < 4.78 is 12.6. The van der Waals surface area contributed by atoms with E-state index in [4.69, 9.17) is 9.47 Å². The molecule has 0 amide bonds. The Hall–Kier alpha value is -2.96. The van der Waals surface area contributed by atoms with Crippen molar-refractivity contribution >= 4 is 11.9 Å². The molecule has 0 heterocycles. The average molecular weight is 481 g/mol. The van der Waals surface area contributed by atoms with Crippen molar-refractivity contribution in [3.05, 3.63) is 84.4 Å². The number of hydrogen-bond donors (Lipinski definition) is 0. The Morgan fingerprint density at radius 1 is 0.829 bits per heavy atom. The molecule has 0 spiro atoms. The highest BCUT2D eigenvalue weighted by atomic mass is 16.6. The molecule has 0 bridgehead atoms. The van der Waals surface area contributed by atoms with Gasteiger partial charge in [0.25, 0.3) is 0 Å². The van der Waals surface area contributed by atoms with Gasteiger partial charge >= 0.3 is 11.9 Å². The molecule has 6 heteroatoms. The third-order valence-electron chi connectivity index (χ3n) is 6.79. The van der Waals surface area contributed by atoms with Crippen molar-refractivity contribution in [2.45, 2.75) is 19.5 Å². The molecule has 2 aromatic carbocycles. The van der Waals surface area contributed by atoms with Gasteiger partial charge in [0.05, 0.1) is 28.2 Å². The number of allylic oxidation sites excluding steroid dienone is 1. The first kappa shape index (κ1) is 26.6. The van der Waals surface area contributed by atoms with Gasteiger partial charge in [0.15, 0.2) is 5.41 Å². The van der Waals surface area contributed by atoms with Crippen LogP contribution in [0.3, 0.4) is 0 Å². The summed E-state index contributed by atoms with van der Waals surface area (Å²) in [5, 5.41) is 0. The number of nitrogens with zero attached hydrogens (tertiary/aromatic N) is 2. The minimum absolute atomic E-state index is 0.235. The van der Waals surface area contributed by atoms with Crippen molar-refractivity contribution < 1.29 is 28.0 Å². The largest absolute Gasteiger partial charge is 0.459 e. The Morgan fingerprint density at radius 3 is 1.57 bits per heavy atom. The second kappa shape index (κ2) is 11.2. The molecule has 0 N–H and O–H groups in total. The molecule has 35 heavy (non-hydrogen) atoms. The number of likely N-dealkylation sites (N-methyl/N-ethyl adjacent to an activating group) is 2. The highest BCUT2D eigenvalue weighted by Gasteiger charge is 2.67. The van der Waals surface area contributed by atoms with Crippen LogP contribution >= 0.6 is 0 Å². The second-order valence-corrected chi connectivity index (χ2v) is 10.9. The van der Waals surface area contributed by atoms with Gasteiger partial charge in [0.2, 0.25) is 0 Å². The Labute approximate surface area is 209 Å². The lowest BCUT2D eigenvalue weighted by molar-refractivity contribution is -0.903. The number of esters is 2. The summed E-state index contributed by atoms with van der Waals surface area (Å²) in [4.78, 5) is 26.0. The maximum Gasteiger partial charge on any atom is 0.324 e. The van der Waals surface area contributed by atoms with Gasteiger partial charge < -0.3 is 18.4 Å². The molecule has 0 aliphatic heterocycles. The third-order valence-corrected chi connectivity index (χ3v) is 6.79. The van der Waals surface area contributed by atoms with E-state index in [1.165, 1.54) is 11.1 Å². The summed E-state index contributed by atoms with van der Waals surface area (Å²) in [6, 6.07) is 20.5. The van der Waals surface area contributed by atoms with E-state index in [1.807, 2.05) is 36.4 Å². The van der Waals surface area contributed by atoms with E-state index in [1.54, 1.807) is 6.08 Å². The number of hydrogen-bond acceptors (Lipinski definition) is 4. The average Bonchev–Trinajstić information content (AvgIpc) is 3.55. The fraction of sp³-hybridized carbons (Fsp3) is 0.448. The fourth-order valence-corrected chi connectivity index (χ4v) is 4.47. The molecule has 1 saturated carbocycles. The second-order valence-electron chi connectivity index (χ2n) is 10.9. The van der Waals surface area contributed by atoms with Gasteiger partial charge in [0, 0.05) is 17.0 Å². The normalized spacial score (nSPS) is 16.9. The van der Waals surface area contributed by atoms with E-state index in [0.717, 1.165) is 13.1 Å². The quantitative estimate of drug-likeness (QED) is 0.189. The number of carbonyl (C=O) groups is 2. The summed E-state index contributed by atoms with van der Waals surface area (Å²) in [6.45, 7) is 7.25. The molecular formula is C29H40N2O4+2. The van der Waals surface area contributed by atoms with Crippen LogP contribution in [0.4, 0.5) is 0 Å². The molecule has 2 aromatic rings. The molecule has 1 atom stereocenters. The van der Waals surface area contributed by atoms with Crippen molar-refractivity contribution in [1.82, 2.24) is 0 Å². The standard InChI is InChI=1S/C29H40N2O4/c1-6-26-21-29(26,27(32)34-19-17-30(2,3)22-24-13-9-7-10-14-24)28(33)35-20-18-31(4,5)23-25-15-11-8-12-16-25/h6-16,26H,1,17-23H2,2-5H3/q+2. The van der Waals surface area contributed by atoms with Gasteiger partial charge in [0.1, 0.15) is 39.4 Å². The zero-order chi connectivity index (χ0) is 25.5. The summed E-state index contributed by atoms with van der Waals surface area (Å²) in [6.07, 6.45) is 2.06. The van der Waals surface area contributed by atoms with Crippen LogP contribution in [0.25, 0.3) is 0 Å². The summed E-state index contributed by atoms with van der Waals surface area (Å²) in [7, 11) is 8.40. The van der Waals surface area contributed by atoms with Gasteiger partial charge in [-0.3, -0.25) is 9.59 Å². The Kier molecular flexibility index (Phi) is 8.51. The topological polar surface area (TPSA) is 52.6 Å². The predicted octanol–water partition coefficient (Wildman–Crippen LogP) is 3.82. The number of rotatable bonds is 13. The summed E-state index contributed by atoms with van der Waals surface area (Å²) in [5.41, 5.74) is 1.22. The lowest BCUT2D eigenvalue weighted by atomic mass is 10.0. The van der Waals surface area contributed by atoms with Crippen LogP contribution in [-0.2, 0) is 32.2 Å². The first-order valence-electron chi connectivity index (χ1n) is 12.3. The molecule has 188 valence electrons. The monoisotopic (exact) mass is 480 g/mol. The summed E-state index contributed by atoms with van der Waals surface area (Å²) >= 11 is 0. The summed E-state index contributed by atoms with van der Waals surface area (Å²) in [5.74, 6) is -1.23. The van der Waals surface area contributed by atoms with Crippen LogP contribution in [0.2, 0.25) is 0 Å². The molecule has 6 nitrogen and oxygen atoms in total. The van der Waals surface area contributed by atoms with E-state index in [2.05, 4.69) is 59.0 Å². The van der Waals surface area contributed by atoms with Crippen LogP contribution in [0.5, 0.6) is 0 Å². The van der Waals surface area contributed by atoms with Crippen molar-refractivity contribution in [2.24, 2.45) is 11.3 Å². The first-order chi connectivity index (χ1) is 16.6. The number of quaternary nitrogens is 2. The van der Waals surface area contributed by atoms with Gasteiger partial charge in [-0.2, -0.15) is 0 Å². The predicted molar refractivity (Wildman–Crippen MR) is 137 cm³/mol. The molecule has 1 aliphatic rings. The molecule has 0 radical (unpaired) electrons. The molecule has 1 unspecified atom stereocenters. The minimum atomic E-state index is -1.24. The van der Waals surface area contributed by atoms with Gasteiger partial charge in [-0.25, -0.2) is 0 Å². The van der Waals surface area contributed by atoms with Crippen molar-refractivity contribution in [3.8, 4) is 0 Å². The molecule has 1 aliphatic carbocycles. The van der Waals surface area contributed by atoms with Crippen LogP contribution in [-0.4, -0.2) is 75.4 Å². The number of carbonyl (C=O) groups excluding carboxylic acids is 2. The third kappa shape index (κ3) is 7.26. The van der Waals surface area contributed by atoms with E-state index < -0.39 is 17.4 Å². The van der Waals surface area contributed by atoms with E-state index >= 15 is 0 Å². The Balaban J connectivity index is 1.49. The fourth-order valence-electron chi connectivity index (χ4n) is 4.47. The zero-order valence-electron chi connectivity index (χ0n) is 21.6. The highest BCUT2D eigenvalue weighted by molar-refractivity contribution is 6.04. The molecular weight excluding hydrogens is 440 g/mol. The minimum Gasteiger partial charge on any atom is -0.459 e. The molecule has 0 aromatic heterocycles. The van der Waals surface area contributed by atoms with Gasteiger partial charge in [-0.1, -0.05) is 66.7 Å². The first-order valence-corrected chi connectivity index (χ1v) is 12.3.